The molecule has 0 spiro atoms. The molecule has 2 N–H and O–H groups in total. The Kier molecular flexibility index (Phi) is 4.55. The van der Waals surface area contributed by atoms with Crippen molar-refractivity contribution in [1.29, 1.82) is 0 Å². The Morgan fingerprint density at radius 1 is 1.22 bits per heavy atom. The molecule has 0 aromatic heterocycles. The highest BCUT2D eigenvalue weighted by Crippen LogP contribution is 2.26. The molecular formula is C15H14FNO5S. The fourth-order valence-corrected chi connectivity index (χ4v) is 3.32. The van der Waals surface area contributed by atoms with Gasteiger partial charge in [0.1, 0.15) is 11.6 Å². The Morgan fingerprint density at radius 2 is 1.91 bits per heavy atom. The number of sulfonamides is 1. The quantitative estimate of drug-likeness (QED) is 0.873. The van der Waals surface area contributed by atoms with E-state index >= 15 is 0 Å². The van der Waals surface area contributed by atoms with Gasteiger partial charge in [-0.2, -0.15) is 0 Å². The van der Waals surface area contributed by atoms with E-state index in [1.807, 2.05) is 0 Å². The number of hydrogen-bond donors (Lipinski definition) is 2. The lowest BCUT2D eigenvalue weighted by Gasteiger charge is -2.13. The zero-order valence-corrected chi connectivity index (χ0v) is 13.1. The molecule has 122 valence electrons. The molecule has 2 aromatic rings. The molecule has 0 radical (unpaired) electrons. The second kappa shape index (κ2) is 6.25. The number of aryl methyl sites for hydroxylation is 1. The summed E-state index contributed by atoms with van der Waals surface area (Å²) in [7, 11) is -2.77. The summed E-state index contributed by atoms with van der Waals surface area (Å²) in [6, 6.07) is 7.23. The molecular weight excluding hydrogens is 325 g/mol. The van der Waals surface area contributed by atoms with Gasteiger partial charge in [-0.3, -0.25) is 4.72 Å². The second-order valence-corrected chi connectivity index (χ2v) is 6.38. The molecule has 0 aliphatic rings. The number of nitrogens with one attached hydrogen (secondary N) is 1. The van der Waals surface area contributed by atoms with E-state index in [-0.39, 0.29) is 21.9 Å². The van der Waals surface area contributed by atoms with Crippen LogP contribution < -0.4 is 9.46 Å². The molecule has 0 amide bonds. The van der Waals surface area contributed by atoms with Crippen LogP contribution in [0.15, 0.2) is 41.3 Å². The Bertz CT molecular complexity index is 864. The molecule has 6 nitrogen and oxygen atoms in total. The van der Waals surface area contributed by atoms with Gasteiger partial charge in [-0.25, -0.2) is 17.6 Å². The van der Waals surface area contributed by atoms with Crippen molar-refractivity contribution in [3.63, 3.8) is 0 Å². The predicted octanol–water partition coefficient (Wildman–Crippen LogP) is 2.64. The third kappa shape index (κ3) is 3.59. The van der Waals surface area contributed by atoms with Crippen molar-refractivity contribution in [2.45, 2.75) is 11.8 Å². The highest BCUT2D eigenvalue weighted by Gasteiger charge is 2.21. The van der Waals surface area contributed by atoms with Crippen LogP contribution in [0.5, 0.6) is 5.75 Å². The number of methoxy groups -OCH3 is 1. The molecule has 2 aromatic carbocycles. The van der Waals surface area contributed by atoms with Crippen LogP contribution in [0.2, 0.25) is 0 Å². The minimum atomic E-state index is -4.14. The van der Waals surface area contributed by atoms with Gasteiger partial charge in [0.25, 0.3) is 10.0 Å². The highest BCUT2D eigenvalue weighted by atomic mass is 32.2. The molecule has 0 fully saturated rings. The van der Waals surface area contributed by atoms with E-state index in [2.05, 4.69) is 4.72 Å². The molecule has 0 bridgehead atoms. The molecule has 8 heteroatoms. The maximum atomic E-state index is 13.3. The van der Waals surface area contributed by atoms with E-state index in [1.165, 1.54) is 38.3 Å². The maximum absolute atomic E-state index is 13.3. The van der Waals surface area contributed by atoms with Gasteiger partial charge in [0.15, 0.2) is 0 Å². The molecule has 0 saturated carbocycles. The van der Waals surface area contributed by atoms with Crippen molar-refractivity contribution in [3.05, 3.63) is 53.3 Å². The average molecular weight is 339 g/mol. The van der Waals surface area contributed by atoms with Gasteiger partial charge in [-0.05, 0) is 42.8 Å². The van der Waals surface area contributed by atoms with Gasteiger partial charge in [0.2, 0.25) is 0 Å². The van der Waals surface area contributed by atoms with Crippen molar-refractivity contribution in [3.8, 4) is 5.75 Å². The van der Waals surface area contributed by atoms with Crippen molar-refractivity contribution in [2.75, 3.05) is 11.8 Å². The normalized spacial score (nSPS) is 11.1. The number of hydrogen-bond acceptors (Lipinski definition) is 4. The van der Waals surface area contributed by atoms with Crippen LogP contribution in [0.25, 0.3) is 0 Å². The maximum Gasteiger partial charge on any atom is 0.337 e. The molecule has 23 heavy (non-hydrogen) atoms. The molecule has 2 rings (SSSR count). The summed E-state index contributed by atoms with van der Waals surface area (Å²) < 4.78 is 45.2. The number of aromatic carboxylic acids is 1. The number of carboxylic acids is 1. The molecule has 0 unspecified atom stereocenters. The number of benzene rings is 2. The predicted molar refractivity (Wildman–Crippen MR) is 81.9 cm³/mol. The number of anilines is 1. The largest absolute Gasteiger partial charge is 0.497 e. The first-order valence-electron chi connectivity index (χ1n) is 6.45. The van der Waals surface area contributed by atoms with E-state index < -0.39 is 21.8 Å². The first-order chi connectivity index (χ1) is 10.7. The molecule has 0 aliphatic carbocycles. The number of halogens is 1. The highest BCUT2D eigenvalue weighted by molar-refractivity contribution is 7.92. The van der Waals surface area contributed by atoms with E-state index in [4.69, 9.17) is 4.74 Å². The zero-order valence-electron chi connectivity index (χ0n) is 12.3. The van der Waals surface area contributed by atoms with E-state index in [1.54, 1.807) is 0 Å². The summed E-state index contributed by atoms with van der Waals surface area (Å²) >= 11 is 0. The van der Waals surface area contributed by atoms with Gasteiger partial charge in [-0.15, -0.1) is 0 Å². The Hall–Kier alpha value is -2.61. The van der Waals surface area contributed by atoms with Crippen LogP contribution >= 0.6 is 0 Å². The summed E-state index contributed by atoms with van der Waals surface area (Å²) in [5.74, 6) is -1.76. The van der Waals surface area contributed by atoms with Crippen molar-refractivity contribution in [1.82, 2.24) is 0 Å². The minimum absolute atomic E-state index is 0.137. The fraction of sp³-hybridized carbons (Fsp3) is 0.133. The summed E-state index contributed by atoms with van der Waals surface area (Å²) in [4.78, 5) is 11.0. The van der Waals surface area contributed by atoms with Crippen LogP contribution in [0, 0.1) is 12.7 Å². The van der Waals surface area contributed by atoms with Gasteiger partial charge >= 0.3 is 5.97 Å². The summed E-state index contributed by atoms with van der Waals surface area (Å²) in [5, 5.41) is 9.20. The Morgan fingerprint density at radius 3 is 2.52 bits per heavy atom. The summed E-state index contributed by atoms with van der Waals surface area (Å²) in [6.07, 6.45) is 0. The van der Waals surface area contributed by atoms with E-state index in [0.29, 0.717) is 5.56 Å². The van der Waals surface area contributed by atoms with Gasteiger partial charge in [-0.1, -0.05) is 6.07 Å². The number of ether oxygens (including phenoxy) is 1. The lowest BCUT2D eigenvalue weighted by Crippen LogP contribution is -2.17. The number of rotatable bonds is 5. The van der Waals surface area contributed by atoms with Crippen LogP contribution in [-0.4, -0.2) is 26.6 Å². The third-order valence-corrected chi connectivity index (χ3v) is 4.65. The lowest BCUT2D eigenvalue weighted by atomic mass is 10.2. The lowest BCUT2D eigenvalue weighted by molar-refractivity contribution is 0.0697. The summed E-state index contributed by atoms with van der Waals surface area (Å²) in [5.41, 5.74) is -0.0757. The molecule has 0 aliphatic heterocycles. The van der Waals surface area contributed by atoms with Crippen molar-refractivity contribution < 1.29 is 27.4 Å². The molecule has 0 heterocycles. The van der Waals surface area contributed by atoms with Gasteiger partial charge in [0.05, 0.1) is 23.3 Å². The summed E-state index contributed by atoms with van der Waals surface area (Å²) in [6.45, 7) is 1.51. The zero-order chi connectivity index (χ0) is 17.2. The van der Waals surface area contributed by atoms with Crippen LogP contribution in [0.1, 0.15) is 15.9 Å². The van der Waals surface area contributed by atoms with Crippen LogP contribution in [0.4, 0.5) is 10.1 Å². The smallest absolute Gasteiger partial charge is 0.337 e. The fourth-order valence-electron chi connectivity index (χ4n) is 1.98. The Balaban J connectivity index is 2.49. The number of carbonyl (C=O) groups is 1. The van der Waals surface area contributed by atoms with E-state index in [9.17, 15) is 22.7 Å². The first kappa shape index (κ1) is 16.8. The number of carboxylic acid groups (broad SMARTS) is 1. The monoisotopic (exact) mass is 339 g/mol. The first-order valence-corrected chi connectivity index (χ1v) is 7.93. The van der Waals surface area contributed by atoms with Crippen molar-refractivity contribution in [2.24, 2.45) is 0 Å². The second-order valence-electron chi connectivity index (χ2n) is 4.73. The van der Waals surface area contributed by atoms with Crippen LogP contribution in [0.3, 0.4) is 0 Å². The van der Waals surface area contributed by atoms with Crippen molar-refractivity contribution >= 4 is 21.7 Å². The van der Waals surface area contributed by atoms with Crippen LogP contribution in [-0.2, 0) is 10.0 Å². The topological polar surface area (TPSA) is 92.7 Å². The SMILES string of the molecule is COc1ccc(NS(=O)(=O)c2cc(F)ccc2C)c(C(=O)O)c1. The van der Waals surface area contributed by atoms with Gasteiger partial charge < -0.3 is 9.84 Å². The molecule has 0 saturated heterocycles. The minimum Gasteiger partial charge on any atom is -0.497 e. The van der Waals surface area contributed by atoms with E-state index in [0.717, 1.165) is 12.1 Å². The third-order valence-electron chi connectivity index (χ3n) is 3.14. The van der Waals surface area contributed by atoms with Gasteiger partial charge in [0, 0.05) is 0 Å². The molecule has 0 atom stereocenters. The average Bonchev–Trinajstić information content (AvgIpc) is 2.49. The Labute approximate surface area is 132 Å². The standard InChI is InChI=1S/C15H14FNO5S/c1-9-3-4-10(16)7-14(9)23(20,21)17-13-6-5-11(22-2)8-12(13)15(18)19/h3-8,17H,1-2H3,(H,18,19).